The van der Waals surface area contributed by atoms with Crippen LogP contribution in [0.3, 0.4) is 0 Å². The molecular formula is C17H25O5P. The molecule has 5 nitrogen and oxygen atoms in total. The molecular weight excluding hydrogens is 315 g/mol. The highest BCUT2D eigenvalue weighted by atomic mass is 31.2. The van der Waals surface area contributed by atoms with Gasteiger partial charge in [0.1, 0.15) is 11.4 Å². The van der Waals surface area contributed by atoms with Crippen LogP contribution in [0.5, 0.6) is 5.75 Å². The first-order valence-corrected chi connectivity index (χ1v) is 9.55. The van der Waals surface area contributed by atoms with E-state index >= 15 is 0 Å². The Hall–Kier alpha value is -1.16. The molecule has 1 aromatic carbocycles. The summed E-state index contributed by atoms with van der Waals surface area (Å²) in [5.74, 6) is 0.428. The molecule has 0 heterocycles. The normalized spacial score (nSPS) is 18.4. The molecule has 128 valence electrons. The summed E-state index contributed by atoms with van der Waals surface area (Å²) in [6.07, 6.45) is 0.579. The van der Waals surface area contributed by atoms with Crippen LogP contribution in [0, 0.1) is 0 Å². The second-order valence-corrected chi connectivity index (χ2v) is 8.41. The Kier molecular flexibility index (Phi) is 5.66. The molecule has 0 saturated carbocycles. The second kappa shape index (κ2) is 7.16. The fourth-order valence-corrected chi connectivity index (χ4v) is 5.18. The molecule has 0 aromatic heterocycles. The minimum Gasteiger partial charge on any atom is -0.497 e. The van der Waals surface area contributed by atoms with E-state index in [-0.39, 0.29) is 18.0 Å². The van der Waals surface area contributed by atoms with Crippen LogP contribution < -0.4 is 4.74 Å². The van der Waals surface area contributed by atoms with Crippen LogP contribution in [0.2, 0.25) is 0 Å². The Morgan fingerprint density at radius 3 is 2.26 bits per heavy atom. The van der Waals surface area contributed by atoms with Crippen molar-refractivity contribution in [2.24, 2.45) is 0 Å². The Morgan fingerprint density at radius 2 is 1.74 bits per heavy atom. The lowest BCUT2D eigenvalue weighted by Crippen LogP contribution is -2.31. The molecule has 1 aliphatic carbocycles. The average Bonchev–Trinajstić information content (AvgIpc) is 2.45. The van der Waals surface area contributed by atoms with Crippen LogP contribution in [-0.2, 0) is 20.0 Å². The molecule has 1 unspecified atom stereocenters. The van der Waals surface area contributed by atoms with Crippen molar-refractivity contribution in [1.29, 1.82) is 0 Å². The zero-order chi connectivity index (χ0) is 17.2. The molecule has 1 atom stereocenters. The average molecular weight is 340 g/mol. The third-order valence-electron chi connectivity index (χ3n) is 3.67. The summed E-state index contributed by atoms with van der Waals surface area (Å²) in [7, 11) is -1.98. The van der Waals surface area contributed by atoms with Gasteiger partial charge in [-0.1, -0.05) is 6.07 Å². The molecule has 0 saturated heterocycles. The molecule has 0 fully saturated rings. The van der Waals surface area contributed by atoms with E-state index in [0.717, 1.165) is 5.56 Å². The van der Waals surface area contributed by atoms with E-state index in [1.807, 2.05) is 12.1 Å². The molecule has 23 heavy (non-hydrogen) atoms. The Bertz CT molecular complexity index is 609. The van der Waals surface area contributed by atoms with Crippen molar-refractivity contribution in [2.45, 2.75) is 58.4 Å². The second-order valence-electron chi connectivity index (χ2n) is 6.29. The Morgan fingerprint density at radius 1 is 1.13 bits per heavy atom. The van der Waals surface area contributed by atoms with Crippen molar-refractivity contribution in [3.8, 4) is 5.75 Å². The molecule has 0 bridgehead atoms. The summed E-state index contributed by atoms with van der Waals surface area (Å²) >= 11 is 0. The number of methoxy groups -OCH3 is 1. The van der Waals surface area contributed by atoms with Crippen molar-refractivity contribution in [1.82, 2.24) is 0 Å². The minimum atomic E-state index is -3.53. The number of Topliss-reactive ketones (excluding diaryl/α,β-unsaturated/α-hetero) is 1. The third-order valence-corrected chi connectivity index (χ3v) is 6.36. The number of rotatable bonds is 6. The highest BCUT2D eigenvalue weighted by Crippen LogP contribution is 2.58. The standard InChI is InChI=1S/C17H25O5P/c1-11(2)21-23(19,22-12(3)4)16-9-7-13-6-8-14(20-5)10-15(13)17(16)18/h6,8,10-12,16H,7,9H2,1-5H3. The van der Waals surface area contributed by atoms with Gasteiger partial charge >= 0.3 is 7.60 Å². The molecule has 0 aliphatic heterocycles. The number of carbonyl (C=O) groups excluding carboxylic acids is 1. The number of fused-ring (bicyclic) bond motifs is 1. The van der Waals surface area contributed by atoms with Gasteiger partial charge in [-0.2, -0.15) is 0 Å². The summed E-state index contributed by atoms with van der Waals surface area (Å²) < 4.78 is 29.7. The van der Waals surface area contributed by atoms with Crippen LogP contribution in [0.25, 0.3) is 0 Å². The molecule has 0 spiro atoms. The number of ketones is 1. The first-order chi connectivity index (χ1) is 10.8. The van der Waals surface area contributed by atoms with E-state index in [1.165, 1.54) is 0 Å². The summed E-state index contributed by atoms with van der Waals surface area (Å²) in [6.45, 7) is 7.17. The molecule has 6 heteroatoms. The minimum absolute atomic E-state index is 0.185. The van der Waals surface area contributed by atoms with Gasteiger partial charge in [0, 0.05) is 5.56 Å². The van der Waals surface area contributed by atoms with Gasteiger partial charge in [-0.15, -0.1) is 0 Å². The zero-order valence-electron chi connectivity index (χ0n) is 14.4. The topological polar surface area (TPSA) is 61.8 Å². The van der Waals surface area contributed by atoms with Crippen molar-refractivity contribution in [3.05, 3.63) is 29.3 Å². The molecule has 2 rings (SSSR count). The van der Waals surface area contributed by atoms with Gasteiger partial charge in [0.2, 0.25) is 0 Å². The van der Waals surface area contributed by atoms with E-state index in [2.05, 4.69) is 0 Å². The van der Waals surface area contributed by atoms with Gasteiger partial charge in [0.25, 0.3) is 0 Å². The third kappa shape index (κ3) is 4.03. The molecule has 1 aliphatic rings. The van der Waals surface area contributed by atoms with Crippen LogP contribution in [0.4, 0.5) is 0 Å². The van der Waals surface area contributed by atoms with Crippen LogP contribution >= 0.6 is 7.60 Å². The van der Waals surface area contributed by atoms with E-state index in [9.17, 15) is 9.36 Å². The maximum Gasteiger partial charge on any atom is 0.341 e. The van der Waals surface area contributed by atoms with Gasteiger partial charge in [-0.05, 0) is 58.2 Å². The smallest absolute Gasteiger partial charge is 0.341 e. The van der Waals surface area contributed by atoms with Crippen LogP contribution in [-0.4, -0.2) is 30.8 Å². The van der Waals surface area contributed by atoms with Crippen LogP contribution in [0.1, 0.15) is 50.0 Å². The van der Waals surface area contributed by atoms with E-state index in [4.69, 9.17) is 13.8 Å². The predicted molar refractivity (Wildman–Crippen MR) is 89.5 cm³/mol. The SMILES string of the molecule is COc1ccc2c(c1)C(=O)C(P(=O)(OC(C)C)OC(C)C)CC2. The van der Waals surface area contributed by atoms with E-state index in [0.29, 0.717) is 24.2 Å². The number of ether oxygens (including phenoxy) is 1. The van der Waals surface area contributed by atoms with Gasteiger partial charge < -0.3 is 13.8 Å². The summed E-state index contributed by atoms with van der Waals surface area (Å²) in [6, 6.07) is 5.43. The Labute approximate surface area is 137 Å². The Balaban J connectivity index is 2.38. The van der Waals surface area contributed by atoms with Crippen LogP contribution in [0.15, 0.2) is 18.2 Å². The van der Waals surface area contributed by atoms with Crippen molar-refractivity contribution < 1.29 is 23.1 Å². The highest BCUT2D eigenvalue weighted by molar-refractivity contribution is 7.55. The lowest BCUT2D eigenvalue weighted by atomic mass is 9.90. The largest absolute Gasteiger partial charge is 0.497 e. The number of aryl methyl sites for hydroxylation is 1. The number of carbonyl (C=O) groups is 1. The van der Waals surface area contributed by atoms with Gasteiger partial charge in [0.05, 0.1) is 19.3 Å². The number of benzene rings is 1. The first kappa shape index (κ1) is 18.2. The molecule has 0 radical (unpaired) electrons. The summed E-state index contributed by atoms with van der Waals surface area (Å²) in [5.41, 5.74) is 0.750. The lowest BCUT2D eigenvalue weighted by Gasteiger charge is -2.32. The fourth-order valence-electron chi connectivity index (χ4n) is 2.79. The maximum absolute atomic E-state index is 13.3. The van der Waals surface area contributed by atoms with E-state index in [1.54, 1.807) is 40.9 Å². The maximum atomic E-state index is 13.3. The summed E-state index contributed by atoms with van der Waals surface area (Å²) in [4.78, 5) is 12.9. The molecule has 0 amide bonds. The fraction of sp³-hybridized carbons (Fsp3) is 0.588. The summed E-state index contributed by atoms with van der Waals surface area (Å²) in [5, 5.41) is 0. The monoisotopic (exact) mass is 340 g/mol. The van der Waals surface area contributed by atoms with Crippen molar-refractivity contribution >= 4 is 13.4 Å². The van der Waals surface area contributed by atoms with Gasteiger partial charge in [0.15, 0.2) is 5.78 Å². The first-order valence-electron chi connectivity index (χ1n) is 7.94. The lowest BCUT2D eigenvalue weighted by molar-refractivity contribution is 0.0925. The zero-order valence-corrected chi connectivity index (χ0v) is 15.3. The van der Waals surface area contributed by atoms with E-state index < -0.39 is 13.3 Å². The predicted octanol–water partition coefficient (Wildman–Crippen LogP) is 4.24. The van der Waals surface area contributed by atoms with Gasteiger partial charge in [-0.3, -0.25) is 9.36 Å². The quantitative estimate of drug-likeness (QED) is 0.725. The number of hydrogen-bond acceptors (Lipinski definition) is 5. The highest BCUT2D eigenvalue weighted by Gasteiger charge is 2.45. The van der Waals surface area contributed by atoms with Crippen molar-refractivity contribution in [3.63, 3.8) is 0 Å². The van der Waals surface area contributed by atoms with Crippen molar-refractivity contribution in [2.75, 3.05) is 7.11 Å². The molecule has 1 aromatic rings. The molecule has 0 N–H and O–H groups in total. The number of hydrogen-bond donors (Lipinski definition) is 0. The van der Waals surface area contributed by atoms with Gasteiger partial charge in [-0.25, -0.2) is 0 Å².